The zero-order valence-corrected chi connectivity index (χ0v) is 23.0. The molecule has 5 rings (SSSR count). The Balaban J connectivity index is 1.35. The molecule has 38 heavy (non-hydrogen) atoms. The third-order valence-electron chi connectivity index (χ3n) is 8.83. The lowest BCUT2D eigenvalue weighted by atomic mass is 9.89. The van der Waals surface area contributed by atoms with Crippen LogP contribution in [0.4, 0.5) is 0 Å². The number of hydrogen-bond acceptors (Lipinski definition) is 5. The number of methoxy groups -OCH3 is 1. The summed E-state index contributed by atoms with van der Waals surface area (Å²) in [5.74, 6) is 0.786. The van der Waals surface area contributed by atoms with Gasteiger partial charge in [-0.2, -0.15) is 0 Å². The topological polar surface area (TPSA) is 99.6 Å². The van der Waals surface area contributed by atoms with Crippen LogP contribution in [0.25, 0.3) is 10.9 Å². The van der Waals surface area contributed by atoms with Crippen molar-refractivity contribution in [1.29, 1.82) is 0 Å². The maximum absolute atomic E-state index is 13.5. The van der Waals surface area contributed by atoms with Crippen LogP contribution in [0.5, 0.6) is 5.75 Å². The molecule has 2 aromatic heterocycles. The fraction of sp³-hybridized carbons (Fsp3) is 0.533. The number of ether oxygens (including phenoxy) is 1. The summed E-state index contributed by atoms with van der Waals surface area (Å²) in [5, 5.41) is 13.6. The average Bonchev–Trinajstić information content (AvgIpc) is 3.62. The molecule has 3 N–H and O–H groups in total. The Morgan fingerprint density at radius 2 is 1.95 bits per heavy atom. The maximum atomic E-state index is 13.5. The second kappa shape index (κ2) is 10.6. The van der Waals surface area contributed by atoms with Crippen molar-refractivity contribution in [3.8, 4) is 5.75 Å². The van der Waals surface area contributed by atoms with Crippen molar-refractivity contribution in [2.45, 2.75) is 59.0 Å². The number of benzene rings is 1. The van der Waals surface area contributed by atoms with Gasteiger partial charge in [-0.15, -0.1) is 0 Å². The number of nitrogens with one attached hydrogen (secondary N) is 2. The van der Waals surface area contributed by atoms with E-state index in [0.717, 1.165) is 61.9 Å². The SMILES string of the molecule is COc1cc(C)[nH]c(=O)c1CNC(=O)c1c(C)n([C@H](C)C2CCN(CC3(CO)CC3)CC2)c2ccccc12. The van der Waals surface area contributed by atoms with Crippen molar-refractivity contribution >= 4 is 16.8 Å². The molecule has 0 spiro atoms. The number of piperidine rings is 1. The number of pyridine rings is 1. The van der Waals surface area contributed by atoms with Gasteiger partial charge in [0, 0.05) is 46.9 Å². The molecule has 2 aliphatic rings. The molecule has 0 bridgehead atoms. The number of aryl methyl sites for hydroxylation is 1. The average molecular weight is 521 g/mol. The minimum absolute atomic E-state index is 0.0832. The van der Waals surface area contributed by atoms with Gasteiger partial charge in [-0.1, -0.05) is 18.2 Å². The molecule has 8 nitrogen and oxygen atoms in total. The Hall–Kier alpha value is -3.10. The van der Waals surface area contributed by atoms with Gasteiger partial charge in [0.1, 0.15) is 5.75 Å². The van der Waals surface area contributed by atoms with Gasteiger partial charge in [-0.3, -0.25) is 9.59 Å². The highest BCUT2D eigenvalue weighted by atomic mass is 16.5. The predicted molar refractivity (Wildman–Crippen MR) is 149 cm³/mol. The highest BCUT2D eigenvalue weighted by Crippen LogP contribution is 2.46. The number of carbonyl (C=O) groups is 1. The van der Waals surface area contributed by atoms with Crippen molar-refractivity contribution in [3.05, 3.63) is 63.2 Å². The van der Waals surface area contributed by atoms with Crippen molar-refractivity contribution in [1.82, 2.24) is 19.8 Å². The normalized spacial score (nSPS) is 18.4. The fourth-order valence-corrected chi connectivity index (χ4v) is 6.32. The first kappa shape index (κ1) is 26.5. The van der Waals surface area contributed by atoms with E-state index in [4.69, 9.17) is 4.74 Å². The highest BCUT2D eigenvalue weighted by Gasteiger charge is 2.43. The van der Waals surface area contributed by atoms with E-state index in [-0.39, 0.29) is 29.5 Å². The van der Waals surface area contributed by atoms with Crippen LogP contribution in [-0.2, 0) is 6.54 Å². The van der Waals surface area contributed by atoms with Gasteiger partial charge in [0.25, 0.3) is 11.5 Å². The molecule has 1 atom stereocenters. The van der Waals surface area contributed by atoms with E-state index in [9.17, 15) is 14.7 Å². The summed E-state index contributed by atoms with van der Waals surface area (Å²) >= 11 is 0. The molecule has 3 aromatic rings. The van der Waals surface area contributed by atoms with Crippen molar-refractivity contribution in [3.63, 3.8) is 0 Å². The van der Waals surface area contributed by atoms with Gasteiger partial charge < -0.3 is 29.6 Å². The smallest absolute Gasteiger partial charge is 0.256 e. The Morgan fingerprint density at radius 1 is 1.24 bits per heavy atom. The number of likely N-dealkylation sites (tertiary alicyclic amines) is 1. The van der Waals surface area contributed by atoms with Crippen LogP contribution in [0.2, 0.25) is 0 Å². The number of amides is 1. The summed E-state index contributed by atoms with van der Waals surface area (Å²) < 4.78 is 7.73. The van der Waals surface area contributed by atoms with Gasteiger partial charge in [0.05, 0.1) is 24.8 Å². The summed E-state index contributed by atoms with van der Waals surface area (Å²) in [6, 6.07) is 10.1. The molecule has 0 unspecified atom stereocenters. The van der Waals surface area contributed by atoms with Crippen LogP contribution in [0.15, 0.2) is 35.1 Å². The summed E-state index contributed by atoms with van der Waals surface area (Å²) in [5.41, 5.74) is 3.68. The third-order valence-corrected chi connectivity index (χ3v) is 8.83. The summed E-state index contributed by atoms with van der Waals surface area (Å²) in [6.07, 6.45) is 4.49. The number of aliphatic hydroxyl groups excluding tert-OH is 1. The molecule has 1 saturated carbocycles. The van der Waals surface area contributed by atoms with Gasteiger partial charge >= 0.3 is 0 Å². The first-order valence-corrected chi connectivity index (χ1v) is 13.7. The lowest BCUT2D eigenvalue weighted by Crippen LogP contribution is -2.40. The number of aliphatic hydroxyl groups is 1. The first-order valence-electron chi connectivity index (χ1n) is 13.7. The van der Waals surface area contributed by atoms with E-state index < -0.39 is 0 Å². The molecule has 3 heterocycles. The van der Waals surface area contributed by atoms with Gasteiger partial charge in [-0.25, -0.2) is 0 Å². The second-order valence-corrected chi connectivity index (χ2v) is 11.4. The van der Waals surface area contributed by atoms with Crippen LogP contribution < -0.4 is 15.6 Å². The zero-order chi connectivity index (χ0) is 27.0. The number of carbonyl (C=O) groups excluding carboxylic acids is 1. The molecule has 1 saturated heterocycles. The number of nitrogens with zero attached hydrogens (tertiary/aromatic N) is 2. The van der Waals surface area contributed by atoms with Gasteiger partial charge in [0.15, 0.2) is 0 Å². The first-order chi connectivity index (χ1) is 18.3. The zero-order valence-electron chi connectivity index (χ0n) is 23.0. The second-order valence-electron chi connectivity index (χ2n) is 11.4. The molecule has 204 valence electrons. The lowest BCUT2D eigenvalue weighted by Gasteiger charge is -2.37. The molecule has 2 fully saturated rings. The van der Waals surface area contributed by atoms with E-state index in [1.54, 1.807) is 13.0 Å². The molecule has 1 amide bonds. The standard InChI is InChI=1S/C30H40N4O4/c1-19-15-26(38-4)24(28(36)32-19)16-31-29(37)27-21(3)34(25-8-6-5-7-23(25)27)20(2)22-9-13-33(14-10-22)17-30(18-35)11-12-30/h5-8,15,20,22,35H,9-14,16-18H2,1-4H3,(H,31,37)(H,32,36)/t20-/m1/s1. The Labute approximate surface area is 224 Å². The number of H-pyrrole nitrogens is 1. The molecule has 1 aliphatic heterocycles. The monoisotopic (exact) mass is 520 g/mol. The minimum Gasteiger partial charge on any atom is -0.496 e. The van der Waals surface area contributed by atoms with Gasteiger partial charge in [-0.05, 0) is 77.6 Å². The molecule has 1 aromatic carbocycles. The van der Waals surface area contributed by atoms with Crippen LogP contribution in [-0.4, -0.2) is 58.8 Å². The predicted octanol–water partition coefficient (Wildman–Crippen LogP) is 3.93. The number of para-hydroxylation sites is 1. The highest BCUT2D eigenvalue weighted by molar-refractivity contribution is 6.08. The Morgan fingerprint density at radius 3 is 2.61 bits per heavy atom. The molecule has 1 aliphatic carbocycles. The number of aromatic amines is 1. The Kier molecular flexibility index (Phi) is 7.38. The number of aromatic nitrogens is 2. The fourth-order valence-electron chi connectivity index (χ4n) is 6.32. The van der Waals surface area contributed by atoms with Crippen molar-refractivity contribution in [2.24, 2.45) is 11.3 Å². The van der Waals surface area contributed by atoms with E-state index >= 15 is 0 Å². The quantitative estimate of drug-likeness (QED) is 0.397. The summed E-state index contributed by atoms with van der Waals surface area (Å²) in [6.45, 7) is 9.59. The number of fused-ring (bicyclic) bond motifs is 1. The van der Waals surface area contributed by atoms with E-state index in [0.29, 0.717) is 35.1 Å². The summed E-state index contributed by atoms with van der Waals surface area (Å²) in [4.78, 5) is 31.4. The Bertz CT molecular complexity index is 1380. The van der Waals surface area contributed by atoms with E-state index in [2.05, 4.69) is 32.8 Å². The van der Waals surface area contributed by atoms with Gasteiger partial charge in [0.2, 0.25) is 0 Å². The number of hydrogen-bond donors (Lipinski definition) is 3. The largest absolute Gasteiger partial charge is 0.496 e. The van der Waals surface area contributed by atoms with E-state index in [1.807, 2.05) is 25.1 Å². The molecule has 8 heteroatoms. The van der Waals surface area contributed by atoms with E-state index in [1.165, 1.54) is 7.11 Å². The van der Waals surface area contributed by atoms with Crippen LogP contribution in [0.3, 0.4) is 0 Å². The number of rotatable bonds is 9. The van der Waals surface area contributed by atoms with Crippen molar-refractivity contribution < 1.29 is 14.6 Å². The van der Waals surface area contributed by atoms with Crippen LogP contribution in [0.1, 0.15) is 66.0 Å². The minimum atomic E-state index is -0.257. The molecular formula is C30H40N4O4. The summed E-state index contributed by atoms with van der Waals surface area (Å²) in [7, 11) is 1.53. The molecular weight excluding hydrogens is 480 g/mol. The van der Waals surface area contributed by atoms with Crippen LogP contribution >= 0.6 is 0 Å². The maximum Gasteiger partial charge on any atom is 0.256 e. The third kappa shape index (κ3) is 4.99. The van der Waals surface area contributed by atoms with Crippen LogP contribution in [0, 0.1) is 25.2 Å². The lowest BCUT2D eigenvalue weighted by molar-refractivity contribution is 0.0949. The van der Waals surface area contributed by atoms with Crippen molar-refractivity contribution in [2.75, 3.05) is 33.4 Å². The molecule has 0 radical (unpaired) electrons.